The van der Waals surface area contributed by atoms with E-state index in [2.05, 4.69) is 6.92 Å². The smallest absolute Gasteiger partial charge is 0.409 e. The summed E-state index contributed by atoms with van der Waals surface area (Å²) in [6.45, 7) is 3.83. The summed E-state index contributed by atoms with van der Waals surface area (Å²) in [6, 6.07) is 0. The zero-order valence-electron chi connectivity index (χ0n) is 8.76. The van der Waals surface area contributed by atoms with Crippen LogP contribution in [-0.4, -0.2) is 20.3 Å². The summed E-state index contributed by atoms with van der Waals surface area (Å²) in [4.78, 5) is 0. The highest BCUT2D eigenvalue weighted by molar-refractivity contribution is 6.44. The lowest BCUT2D eigenvalue weighted by molar-refractivity contribution is 0.365. The van der Waals surface area contributed by atoms with Gasteiger partial charge in [-0.05, 0) is 6.32 Å². The maximum atomic E-state index is 5.36. The summed E-state index contributed by atoms with van der Waals surface area (Å²) in [5.74, 6) is 0. The molecule has 0 radical (unpaired) electrons. The molecule has 3 heteroatoms. The molecule has 0 unspecified atom stereocenters. The Balaban J connectivity index is 1.78. The van der Waals surface area contributed by atoms with Crippen LogP contribution in [0.4, 0.5) is 0 Å². The van der Waals surface area contributed by atoms with Crippen LogP contribution in [0.1, 0.15) is 45.4 Å². The Morgan fingerprint density at radius 2 is 1.54 bits per heavy atom. The normalized spacial score (nSPS) is 16.8. The van der Waals surface area contributed by atoms with Crippen molar-refractivity contribution in [1.82, 2.24) is 0 Å². The molecule has 0 spiro atoms. The molecule has 1 heterocycles. The van der Waals surface area contributed by atoms with Crippen LogP contribution in [0.2, 0.25) is 6.32 Å². The summed E-state index contributed by atoms with van der Waals surface area (Å²) in [5, 5.41) is 0. The maximum absolute atomic E-state index is 5.36. The quantitative estimate of drug-likeness (QED) is 0.447. The molecule has 0 atom stereocenters. The van der Waals surface area contributed by atoms with Crippen LogP contribution in [0.3, 0.4) is 0 Å². The van der Waals surface area contributed by atoms with Gasteiger partial charge in [0.05, 0.1) is 13.2 Å². The van der Waals surface area contributed by atoms with Crippen molar-refractivity contribution in [1.29, 1.82) is 0 Å². The van der Waals surface area contributed by atoms with E-state index < -0.39 is 0 Å². The molecule has 1 fully saturated rings. The molecule has 1 aliphatic heterocycles. The molecule has 0 amide bonds. The van der Waals surface area contributed by atoms with Crippen molar-refractivity contribution in [2.75, 3.05) is 13.2 Å². The molecule has 0 N–H and O–H groups in total. The Morgan fingerprint density at radius 3 is 2.23 bits per heavy atom. The first-order chi connectivity index (χ1) is 6.43. The van der Waals surface area contributed by atoms with E-state index in [1.165, 1.54) is 38.5 Å². The van der Waals surface area contributed by atoms with E-state index >= 15 is 0 Å². The van der Waals surface area contributed by atoms with Gasteiger partial charge in [-0.25, -0.2) is 0 Å². The maximum Gasteiger partial charge on any atom is 0.457 e. The molecule has 1 rings (SSSR count). The monoisotopic (exact) mass is 184 g/mol. The van der Waals surface area contributed by atoms with Gasteiger partial charge in [0.15, 0.2) is 0 Å². The van der Waals surface area contributed by atoms with Crippen molar-refractivity contribution < 1.29 is 9.31 Å². The second kappa shape index (κ2) is 7.39. The minimum absolute atomic E-state index is 0.117. The molecular weight excluding hydrogens is 163 g/mol. The van der Waals surface area contributed by atoms with Gasteiger partial charge in [0, 0.05) is 0 Å². The first-order valence-electron chi connectivity index (χ1n) is 5.66. The van der Waals surface area contributed by atoms with E-state index in [1.807, 2.05) is 0 Å². The third-order valence-corrected chi connectivity index (χ3v) is 2.48. The lowest BCUT2D eigenvalue weighted by atomic mass is 9.82. The largest absolute Gasteiger partial charge is 0.457 e. The minimum Gasteiger partial charge on any atom is -0.409 e. The number of hydrogen-bond donors (Lipinski definition) is 0. The second-order valence-electron chi connectivity index (χ2n) is 3.73. The zero-order valence-corrected chi connectivity index (χ0v) is 8.76. The second-order valence-corrected chi connectivity index (χ2v) is 3.73. The first kappa shape index (κ1) is 11.1. The van der Waals surface area contributed by atoms with Crippen molar-refractivity contribution in [2.24, 2.45) is 0 Å². The number of unbranched alkanes of at least 4 members (excludes halogenated alkanes) is 5. The fraction of sp³-hybridized carbons (Fsp3) is 1.00. The summed E-state index contributed by atoms with van der Waals surface area (Å²) in [5.41, 5.74) is 0. The average molecular weight is 184 g/mol. The van der Waals surface area contributed by atoms with Crippen LogP contribution in [0.5, 0.6) is 0 Å². The lowest BCUT2D eigenvalue weighted by Gasteiger charge is -2.03. The predicted octanol–water partition coefficient (Wildman–Crippen LogP) is 2.88. The summed E-state index contributed by atoms with van der Waals surface area (Å²) < 4.78 is 10.7. The number of hydrogen-bond acceptors (Lipinski definition) is 2. The highest BCUT2D eigenvalue weighted by Gasteiger charge is 2.22. The summed E-state index contributed by atoms with van der Waals surface area (Å²) in [7, 11) is 0.117. The Morgan fingerprint density at radius 1 is 0.923 bits per heavy atom. The van der Waals surface area contributed by atoms with Crippen molar-refractivity contribution >= 4 is 7.12 Å². The summed E-state index contributed by atoms with van der Waals surface area (Å²) in [6.07, 6.45) is 9.17. The molecule has 76 valence electrons. The molecule has 0 saturated carbocycles. The van der Waals surface area contributed by atoms with Gasteiger partial charge in [-0.1, -0.05) is 45.4 Å². The topological polar surface area (TPSA) is 18.5 Å². The summed E-state index contributed by atoms with van der Waals surface area (Å²) >= 11 is 0. The fourth-order valence-electron chi connectivity index (χ4n) is 1.67. The molecular formula is C10H21BO2. The van der Waals surface area contributed by atoms with Crippen LogP contribution >= 0.6 is 0 Å². The molecule has 1 saturated heterocycles. The molecule has 0 aromatic carbocycles. The lowest BCUT2D eigenvalue weighted by Crippen LogP contribution is -2.12. The van der Waals surface area contributed by atoms with Gasteiger partial charge >= 0.3 is 7.12 Å². The van der Waals surface area contributed by atoms with Gasteiger partial charge in [0.2, 0.25) is 0 Å². The van der Waals surface area contributed by atoms with Crippen molar-refractivity contribution in [3.8, 4) is 0 Å². The minimum atomic E-state index is 0.117. The van der Waals surface area contributed by atoms with Gasteiger partial charge in [-0.15, -0.1) is 0 Å². The van der Waals surface area contributed by atoms with Crippen LogP contribution in [0, 0.1) is 0 Å². The van der Waals surface area contributed by atoms with Gasteiger partial charge in [-0.3, -0.25) is 0 Å². The van der Waals surface area contributed by atoms with E-state index in [4.69, 9.17) is 9.31 Å². The van der Waals surface area contributed by atoms with E-state index in [0.717, 1.165) is 19.5 Å². The van der Waals surface area contributed by atoms with E-state index in [9.17, 15) is 0 Å². The number of rotatable bonds is 7. The predicted molar refractivity (Wildman–Crippen MR) is 55.8 cm³/mol. The van der Waals surface area contributed by atoms with Crippen LogP contribution < -0.4 is 0 Å². The molecule has 0 aliphatic carbocycles. The average Bonchev–Trinajstić information content (AvgIpc) is 2.63. The Kier molecular flexibility index (Phi) is 6.29. The van der Waals surface area contributed by atoms with Gasteiger partial charge in [-0.2, -0.15) is 0 Å². The van der Waals surface area contributed by atoms with Crippen LogP contribution in [-0.2, 0) is 9.31 Å². The SMILES string of the molecule is CCCCCCCCB1OCCO1. The third kappa shape index (κ3) is 5.32. The fourth-order valence-corrected chi connectivity index (χ4v) is 1.67. The van der Waals surface area contributed by atoms with Crippen molar-refractivity contribution in [2.45, 2.75) is 51.8 Å². The van der Waals surface area contributed by atoms with Gasteiger partial charge in [0.1, 0.15) is 0 Å². The first-order valence-corrected chi connectivity index (χ1v) is 5.66. The highest BCUT2D eigenvalue weighted by atomic mass is 16.6. The van der Waals surface area contributed by atoms with Gasteiger partial charge in [0.25, 0.3) is 0 Å². The molecule has 1 aliphatic rings. The van der Waals surface area contributed by atoms with Crippen molar-refractivity contribution in [3.63, 3.8) is 0 Å². The molecule has 0 aromatic rings. The van der Waals surface area contributed by atoms with E-state index in [1.54, 1.807) is 0 Å². The molecule has 0 aromatic heterocycles. The Hall–Kier alpha value is -0.0151. The molecule has 13 heavy (non-hydrogen) atoms. The van der Waals surface area contributed by atoms with Gasteiger partial charge < -0.3 is 9.31 Å². The molecule has 0 bridgehead atoms. The zero-order chi connectivity index (χ0) is 9.36. The Labute approximate surface area is 82.1 Å². The van der Waals surface area contributed by atoms with E-state index in [-0.39, 0.29) is 7.12 Å². The third-order valence-electron chi connectivity index (χ3n) is 2.48. The Bertz CT molecular complexity index is 113. The molecule has 2 nitrogen and oxygen atoms in total. The standard InChI is InChI=1S/C10H21BO2/c1-2-3-4-5-6-7-8-11-12-9-10-13-11/h2-10H2,1H3. The van der Waals surface area contributed by atoms with Crippen LogP contribution in [0.25, 0.3) is 0 Å². The van der Waals surface area contributed by atoms with Crippen molar-refractivity contribution in [3.05, 3.63) is 0 Å². The highest BCUT2D eigenvalue weighted by Crippen LogP contribution is 2.12. The van der Waals surface area contributed by atoms with Crippen LogP contribution in [0.15, 0.2) is 0 Å². The van der Waals surface area contributed by atoms with E-state index in [0.29, 0.717) is 0 Å².